The number of hydrogen-bond donors (Lipinski definition) is 0. The summed E-state index contributed by atoms with van der Waals surface area (Å²) in [6.45, 7) is 0. The lowest BCUT2D eigenvalue weighted by Crippen LogP contribution is -2.00. The fraction of sp³-hybridized carbons (Fsp3) is 0. The summed E-state index contributed by atoms with van der Waals surface area (Å²) < 4.78 is 11.0. The summed E-state index contributed by atoms with van der Waals surface area (Å²) in [7, 11) is 0. The maximum Gasteiger partial charge on any atom is 0.180 e. The van der Waals surface area contributed by atoms with E-state index in [0.717, 1.165) is 97.7 Å². The van der Waals surface area contributed by atoms with Gasteiger partial charge in [0, 0.05) is 69.8 Å². The van der Waals surface area contributed by atoms with Crippen LogP contribution in [-0.2, 0) is 0 Å². The van der Waals surface area contributed by atoms with Crippen molar-refractivity contribution in [2.24, 2.45) is 0 Å². The van der Waals surface area contributed by atoms with Crippen LogP contribution in [0.25, 0.3) is 127 Å². The normalized spacial score (nSPS) is 11.8. The summed E-state index contributed by atoms with van der Waals surface area (Å²) in [6, 6.07) is 66.8. The van der Waals surface area contributed by atoms with E-state index in [1.54, 1.807) is 11.3 Å². The third kappa shape index (κ3) is 5.69. The van der Waals surface area contributed by atoms with Crippen LogP contribution in [0.3, 0.4) is 0 Å². The van der Waals surface area contributed by atoms with E-state index in [1.165, 1.54) is 0 Å². The van der Waals surface area contributed by atoms with E-state index in [-0.39, 0.29) is 0 Å². The summed E-state index contributed by atoms with van der Waals surface area (Å²) in [6.07, 6.45) is 0. The molecular weight excluding hydrogens is 793 g/mol. The van der Waals surface area contributed by atoms with Crippen LogP contribution in [0.1, 0.15) is 0 Å². The van der Waals surface area contributed by atoms with Gasteiger partial charge < -0.3 is 8.98 Å². The molecule has 13 aromatic rings. The Morgan fingerprint density at radius 3 is 1.86 bits per heavy atom. The first kappa shape index (κ1) is 35.4. The van der Waals surface area contributed by atoms with Gasteiger partial charge in [0.15, 0.2) is 28.9 Å². The largest absolute Gasteiger partial charge is 0.452 e. The van der Waals surface area contributed by atoms with E-state index in [1.807, 2.05) is 54.6 Å². The molecule has 0 aliphatic rings. The monoisotopic (exact) mass is 824 g/mol. The zero-order valence-corrected chi connectivity index (χ0v) is 34.3. The van der Waals surface area contributed by atoms with E-state index in [9.17, 15) is 0 Å². The number of nitrogens with zero attached hydrogens (tertiary/aromatic N) is 6. The molecule has 0 radical (unpaired) electrons. The van der Waals surface area contributed by atoms with Crippen LogP contribution < -0.4 is 0 Å². The fourth-order valence-electron chi connectivity index (χ4n) is 9.02. The molecule has 5 aromatic heterocycles. The van der Waals surface area contributed by atoms with Gasteiger partial charge in [0.25, 0.3) is 0 Å². The van der Waals surface area contributed by atoms with E-state index in [2.05, 4.69) is 144 Å². The third-order valence-electron chi connectivity index (χ3n) is 11.9. The quantitative estimate of drug-likeness (QED) is 0.166. The molecule has 0 N–H and O–H groups in total. The lowest BCUT2D eigenvalue weighted by Gasteiger charge is -2.10. The van der Waals surface area contributed by atoms with Gasteiger partial charge in [0.1, 0.15) is 16.8 Å². The zero-order valence-electron chi connectivity index (χ0n) is 33.5. The topological polar surface area (TPSA) is 82.5 Å². The van der Waals surface area contributed by atoms with Crippen molar-refractivity contribution in [3.8, 4) is 62.5 Å². The minimum absolute atomic E-state index is 0.605. The number of fused-ring (bicyclic) bond motifs is 9. The molecule has 0 aliphatic carbocycles. The Balaban J connectivity index is 1.00. The van der Waals surface area contributed by atoms with Crippen molar-refractivity contribution in [1.82, 2.24) is 29.5 Å². The summed E-state index contributed by atoms with van der Waals surface area (Å²) >= 11 is 1.74. The standard InChI is InChI=1S/C55H32N6OS/c1-4-16-33(17-5-1)48-50-49(39-23-11-13-29-45(39)62-50)57-55(56-48)41-26-14-24-37-42-32-35(30-31-46(42)63-51(37)41)53-58-52(34-18-6-2-7-19-34)59-54(60-53)40-25-15-28-44-47(40)38-22-10-12-27-43(38)61(44)36-20-8-3-9-21-36/h1-32H. The lowest BCUT2D eigenvalue weighted by molar-refractivity contribution is 0.667. The molecule has 63 heavy (non-hydrogen) atoms. The molecule has 8 heteroatoms. The lowest BCUT2D eigenvalue weighted by atomic mass is 10.0. The van der Waals surface area contributed by atoms with Crippen LogP contribution in [0.2, 0.25) is 0 Å². The van der Waals surface area contributed by atoms with Crippen molar-refractivity contribution in [2.75, 3.05) is 0 Å². The highest BCUT2D eigenvalue weighted by Crippen LogP contribution is 2.43. The van der Waals surface area contributed by atoms with Crippen molar-refractivity contribution >= 4 is 75.4 Å². The second kappa shape index (κ2) is 14.1. The SMILES string of the molecule is c1ccc(-c2nc(-c3ccc4sc5c(-c6nc(-c7ccccc7)c7oc8ccccc8c7n6)cccc5c4c3)nc(-c3cccc4c3c3ccccc3n4-c3ccccc3)n2)cc1. The van der Waals surface area contributed by atoms with Gasteiger partial charge in [0.2, 0.25) is 0 Å². The van der Waals surface area contributed by atoms with E-state index >= 15 is 0 Å². The number of benzene rings is 8. The molecule has 7 nitrogen and oxygen atoms in total. The van der Waals surface area contributed by atoms with Gasteiger partial charge in [-0.15, -0.1) is 11.3 Å². The summed E-state index contributed by atoms with van der Waals surface area (Å²) in [5.41, 5.74) is 11.1. The Labute approximate surface area is 364 Å². The second-order valence-corrected chi connectivity index (χ2v) is 16.6. The first-order chi connectivity index (χ1) is 31.2. The molecule has 0 saturated heterocycles. The van der Waals surface area contributed by atoms with Crippen molar-refractivity contribution in [1.29, 1.82) is 0 Å². The first-order valence-electron chi connectivity index (χ1n) is 20.8. The number of hydrogen-bond acceptors (Lipinski definition) is 7. The molecule has 0 unspecified atom stereocenters. The Hall–Kier alpha value is -8.33. The highest BCUT2D eigenvalue weighted by atomic mass is 32.1. The number of furan rings is 1. The van der Waals surface area contributed by atoms with Crippen LogP contribution in [0.4, 0.5) is 0 Å². The maximum atomic E-state index is 6.41. The van der Waals surface area contributed by atoms with Crippen LogP contribution in [0.15, 0.2) is 199 Å². The Morgan fingerprint density at radius 2 is 1.03 bits per heavy atom. The Morgan fingerprint density at radius 1 is 0.413 bits per heavy atom. The van der Waals surface area contributed by atoms with Crippen LogP contribution >= 0.6 is 11.3 Å². The molecule has 8 aromatic carbocycles. The van der Waals surface area contributed by atoms with Gasteiger partial charge in [0.05, 0.1) is 11.0 Å². The Kier molecular flexibility index (Phi) is 7.94. The van der Waals surface area contributed by atoms with Crippen LogP contribution in [0, 0.1) is 0 Å². The first-order valence-corrected chi connectivity index (χ1v) is 21.7. The van der Waals surface area contributed by atoms with E-state index < -0.39 is 0 Å². The van der Waals surface area contributed by atoms with Gasteiger partial charge in [-0.05, 0) is 60.7 Å². The molecule has 0 amide bonds. The number of aromatic nitrogens is 6. The summed E-state index contributed by atoms with van der Waals surface area (Å²) in [5.74, 6) is 2.49. The minimum atomic E-state index is 0.605. The third-order valence-corrected chi connectivity index (χ3v) is 13.1. The molecule has 5 heterocycles. The van der Waals surface area contributed by atoms with Gasteiger partial charge in [-0.2, -0.15) is 0 Å². The van der Waals surface area contributed by atoms with E-state index in [0.29, 0.717) is 28.9 Å². The number of rotatable bonds is 6. The highest BCUT2D eigenvalue weighted by Gasteiger charge is 2.22. The van der Waals surface area contributed by atoms with E-state index in [4.69, 9.17) is 29.3 Å². The Bertz CT molecular complexity index is 3910. The molecule has 0 fully saturated rings. The molecule has 13 rings (SSSR count). The van der Waals surface area contributed by atoms with Crippen molar-refractivity contribution in [2.45, 2.75) is 0 Å². The molecule has 294 valence electrons. The van der Waals surface area contributed by atoms with Crippen LogP contribution in [-0.4, -0.2) is 29.5 Å². The highest BCUT2D eigenvalue weighted by molar-refractivity contribution is 7.26. The van der Waals surface area contributed by atoms with Crippen molar-refractivity contribution < 1.29 is 4.42 Å². The summed E-state index contributed by atoms with van der Waals surface area (Å²) in [5, 5.41) is 5.43. The molecule has 0 atom stereocenters. The average Bonchev–Trinajstić information content (AvgIpc) is 4.04. The van der Waals surface area contributed by atoms with Gasteiger partial charge in [-0.25, -0.2) is 24.9 Å². The second-order valence-electron chi connectivity index (χ2n) is 15.6. The maximum absolute atomic E-state index is 6.41. The smallest absolute Gasteiger partial charge is 0.180 e. The molecule has 0 spiro atoms. The van der Waals surface area contributed by atoms with Crippen LogP contribution in [0.5, 0.6) is 0 Å². The van der Waals surface area contributed by atoms with Gasteiger partial charge in [-0.1, -0.05) is 133 Å². The van der Waals surface area contributed by atoms with Crippen molar-refractivity contribution in [3.05, 3.63) is 194 Å². The fourth-order valence-corrected chi connectivity index (χ4v) is 10.2. The number of thiophene rings is 1. The predicted octanol–water partition coefficient (Wildman–Crippen LogP) is 14.4. The minimum Gasteiger partial charge on any atom is -0.452 e. The molecule has 0 bridgehead atoms. The molecule has 0 aliphatic heterocycles. The molecule has 0 saturated carbocycles. The van der Waals surface area contributed by atoms with Gasteiger partial charge >= 0.3 is 0 Å². The predicted molar refractivity (Wildman–Crippen MR) is 257 cm³/mol. The molecular formula is C55H32N6OS. The zero-order chi connectivity index (χ0) is 41.4. The average molecular weight is 825 g/mol. The number of para-hydroxylation sites is 3. The summed E-state index contributed by atoms with van der Waals surface area (Å²) in [4.78, 5) is 26.1. The van der Waals surface area contributed by atoms with Gasteiger partial charge in [-0.3, -0.25) is 0 Å². The van der Waals surface area contributed by atoms with Crippen molar-refractivity contribution in [3.63, 3.8) is 0 Å².